The summed E-state index contributed by atoms with van der Waals surface area (Å²) in [6.07, 6.45) is 2.28. The Bertz CT molecular complexity index is 906. The van der Waals surface area contributed by atoms with Crippen LogP contribution < -0.4 is 0 Å². The Balaban J connectivity index is 1.66. The number of benzene rings is 1. The minimum Gasteiger partial charge on any atom is -0.457 e. The first kappa shape index (κ1) is 14.9. The fourth-order valence-corrected chi connectivity index (χ4v) is 2.88. The van der Waals surface area contributed by atoms with Crippen molar-refractivity contribution in [2.75, 3.05) is 0 Å². The summed E-state index contributed by atoms with van der Waals surface area (Å²) in [6.45, 7) is 3.82. The maximum Gasteiger partial charge on any atom is 0.339 e. The molecule has 5 nitrogen and oxygen atoms in total. The number of carbonyl (C=O) groups is 1. The van der Waals surface area contributed by atoms with E-state index < -0.39 is 0 Å². The molecule has 1 aliphatic carbocycles. The Kier molecular flexibility index (Phi) is 3.56. The van der Waals surface area contributed by atoms with Crippen molar-refractivity contribution in [3.05, 3.63) is 58.6 Å². The second kappa shape index (κ2) is 5.74. The highest BCUT2D eigenvalue weighted by atomic mass is 16.5. The highest BCUT2D eigenvalue weighted by Crippen LogP contribution is 2.40. The predicted octanol–water partition coefficient (Wildman–Crippen LogP) is 4.07. The number of carbonyl (C=O) groups excluding carboxylic acids is 1. The van der Waals surface area contributed by atoms with Gasteiger partial charge in [0.05, 0.1) is 22.3 Å². The van der Waals surface area contributed by atoms with Gasteiger partial charge in [0.2, 0.25) is 0 Å². The molecule has 1 saturated carbocycles. The number of aromatic nitrogens is 2. The largest absolute Gasteiger partial charge is 0.457 e. The van der Waals surface area contributed by atoms with E-state index in [-0.39, 0.29) is 12.6 Å². The Morgan fingerprint density at radius 3 is 2.79 bits per heavy atom. The van der Waals surface area contributed by atoms with E-state index in [4.69, 9.17) is 9.26 Å². The number of fused-ring (bicyclic) bond motifs is 1. The molecule has 0 saturated heterocycles. The van der Waals surface area contributed by atoms with Gasteiger partial charge in [-0.1, -0.05) is 23.4 Å². The fraction of sp³-hybridized carbons (Fsp3) is 0.316. The lowest BCUT2D eigenvalue weighted by Gasteiger charge is -2.09. The molecule has 3 aromatic rings. The van der Waals surface area contributed by atoms with Gasteiger partial charge in [-0.15, -0.1) is 0 Å². The van der Waals surface area contributed by atoms with Gasteiger partial charge >= 0.3 is 5.97 Å². The molecule has 5 heteroatoms. The zero-order valence-electron chi connectivity index (χ0n) is 13.7. The quantitative estimate of drug-likeness (QED) is 0.677. The molecule has 2 heterocycles. The zero-order valence-corrected chi connectivity index (χ0v) is 13.7. The summed E-state index contributed by atoms with van der Waals surface area (Å²) >= 11 is 0. The Morgan fingerprint density at radius 2 is 2.08 bits per heavy atom. The molecule has 4 rings (SSSR count). The van der Waals surface area contributed by atoms with Crippen LogP contribution in [0, 0.1) is 13.8 Å². The normalized spacial score (nSPS) is 14.1. The number of para-hydroxylation sites is 1. The Morgan fingerprint density at radius 1 is 1.29 bits per heavy atom. The third-order valence-electron chi connectivity index (χ3n) is 4.48. The highest BCUT2D eigenvalue weighted by Gasteiger charge is 2.27. The minimum absolute atomic E-state index is 0.162. The standard InChI is InChI=1S/C19H18N2O3/c1-11-16(12(2)24-21-11)10-23-19(22)15-9-18(13-7-8-13)20-17-6-4-3-5-14(15)17/h3-6,9,13H,7-8,10H2,1-2H3. The molecule has 0 aliphatic heterocycles. The summed E-state index contributed by atoms with van der Waals surface area (Å²) in [5.74, 6) is 0.817. The summed E-state index contributed by atoms with van der Waals surface area (Å²) in [7, 11) is 0. The molecule has 0 atom stereocenters. The summed E-state index contributed by atoms with van der Waals surface area (Å²) < 4.78 is 10.6. The van der Waals surface area contributed by atoms with Crippen molar-refractivity contribution in [3.63, 3.8) is 0 Å². The van der Waals surface area contributed by atoms with E-state index in [1.807, 2.05) is 44.2 Å². The van der Waals surface area contributed by atoms with Gasteiger partial charge < -0.3 is 9.26 Å². The van der Waals surface area contributed by atoms with Crippen molar-refractivity contribution in [2.45, 2.75) is 39.2 Å². The molecule has 0 bridgehead atoms. The van der Waals surface area contributed by atoms with Crippen LogP contribution in [0.15, 0.2) is 34.9 Å². The van der Waals surface area contributed by atoms with Crippen LogP contribution in [0.1, 0.15) is 51.8 Å². The van der Waals surface area contributed by atoms with E-state index in [1.54, 1.807) is 0 Å². The van der Waals surface area contributed by atoms with Gasteiger partial charge in [-0.05, 0) is 38.8 Å². The van der Waals surface area contributed by atoms with Crippen LogP contribution in [0.25, 0.3) is 10.9 Å². The van der Waals surface area contributed by atoms with Crippen LogP contribution >= 0.6 is 0 Å². The van der Waals surface area contributed by atoms with E-state index in [2.05, 4.69) is 10.1 Å². The van der Waals surface area contributed by atoms with Crippen molar-refractivity contribution in [2.24, 2.45) is 0 Å². The van der Waals surface area contributed by atoms with Crippen molar-refractivity contribution in [1.29, 1.82) is 0 Å². The summed E-state index contributed by atoms with van der Waals surface area (Å²) in [4.78, 5) is 17.4. The first-order chi connectivity index (χ1) is 11.6. The summed E-state index contributed by atoms with van der Waals surface area (Å²) in [5.41, 5.74) is 3.97. The third-order valence-corrected chi connectivity index (χ3v) is 4.48. The van der Waals surface area contributed by atoms with Crippen LogP contribution in [-0.4, -0.2) is 16.1 Å². The number of ether oxygens (including phenoxy) is 1. The van der Waals surface area contributed by atoms with Gasteiger partial charge in [0.1, 0.15) is 12.4 Å². The second-order valence-electron chi connectivity index (χ2n) is 6.26. The summed E-state index contributed by atoms with van der Waals surface area (Å²) in [6, 6.07) is 9.57. The Labute approximate surface area is 139 Å². The second-order valence-corrected chi connectivity index (χ2v) is 6.26. The third kappa shape index (κ3) is 2.66. The van der Waals surface area contributed by atoms with E-state index in [0.717, 1.165) is 40.7 Å². The van der Waals surface area contributed by atoms with Crippen LogP contribution in [0.2, 0.25) is 0 Å². The lowest BCUT2D eigenvalue weighted by Crippen LogP contribution is -2.08. The van der Waals surface area contributed by atoms with Gasteiger partial charge in [-0.3, -0.25) is 4.98 Å². The number of hydrogen-bond donors (Lipinski definition) is 0. The number of hydrogen-bond acceptors (Lipinski definition) is 5. The van der Waals surface area contributed by atoms with Gasteiger partial charge in [0.25, 0.3) is 0 Å². The number of aryl methyl sites for hydroxylation is 2. The average molecular weight is 322 g/mol. The van der Waals surface area contributed by atoms with Crippen LogP contribution in [-0.2, 0) is 11.3 Å². The number of pyridine rings is 1. The molecule has 122 valence electrons. The Hall–Kier alpha value is -2.69. The molecule has 0 radical (unpaired) electrons. The molecule has 0 amide bonds. The van der Waals surface area contributed by atoms with Gasteiger partial charge in [0.15, 0.2) is 0 Å². The van der Waals surface area contributed by atoms with Crippen LogP contribution in [0.3, 0.4) is 0 Å². The molecule has 0 spiro atoms. The van der Waals surface area contributed by atoms with Crippen molar-refractivity contribution < 1.29 is 14.1 Å². The molecule has 0 N–H and O–H groups in total. The first-order valence-corrected chi connectivity index (χ1v) is 8.12. The molecule has 0 unspecified atom stereocenters. The van der Waals surface area contributed by atoms with E-state index >= 15 is 0 Å². The monoisotopic (exact) mass is 322 g/mol. The highest BCUT2D eigenvalue weighted by molar-refractivity contribution is 6.03. The number of rotatable bonds is 4. The fourth-order valence-electron chi connectivity index (χ4n) is 2.88. The molecule has 1 aliphatic rings. The molecular weight excluding hydrogens is 304 g/mol. The van der Waals surface area contributed by atoms with Crippen LogP contribution in [0.5, 0.6) is 0 Å². The lowest BCUT2D eigenvalue weighted by molar-refractivity contribution is 0.0473. The first-order valence-electron chi connectivity index (χ1n) is 8.12. The number of esters is 1. The predicted molar refractivity (Wildman–Crippen MR) is 88.8 cm³/mol. The molecular formula is C19H18N2O3. The van der Waals surface area contributed by atoms with Crippen molar-refractivity contribution in [3.8, 4) is 0 Å². The van der Waals surface area contributed by atoms with E-state index in [9.17, 15) is 4.79 Å². The SMILES string of the molecule is Cc1noc(C)c1COC(=O)c1cc(C2CC2)nc2ccccc12. The maximum atomic E-state index is 12.7. The minimum atomic E-state index is -0.338. The molecule has 24 heavy (non-hydrogen) atoms. The molecule has 1 fully saturated rings. The number of nitrogens with zero attached hydrogens (tertiary/aromatic N) is 2. The smallest absolute Gasteiger partial charge is 0.339 e. The van der Waals surface area contributed by atoms with E-state index in [1.165, 1.54) is 0 Å². The summed E-state index contributed by atoms with van der Waals surface area (Å²) in [5, 5.41) is 4.71. The average Bonchev–Trinajstić information content (AvgIpc) is 3.39. The molecule has 1 aromatic carbocycles. The van der Waals surface area contributed by atoms with Crippen molar-refractivity contribution >= 4 is 16.9 Å². The van der Waals surface area contributed by atoms with Gasteiger partial charge in [-0.25, -0.2) is 4.79 Å². The maximum absolute atomic E-state index is 12.7. The topological polar surface area (TPSA) is 65.2 Å². The van der Waals surface area contributed by atoms with Gasteiger partial charge in [0, 0.05) is 17.0 Å². The van der Waals surface area contributed by atoms with Crippen molar-refractivity contribution in [1.82, 2.24) is 10.1 Å². The zero-order chi connectivity index (χ0) is 16.7. The van der Waals surface area contributed by atoms with Gasteiger partial charge in [-0.2, -0.15) is 0 Å². The lowest BCUT2D eigenvalue weighted by atomic mass is 10.1. The van der Waals surface area contributed by atoms with E-state index in [0.29, 0.717) is 17.2 Å². The molecule has 2 aromatic heterocycles. The van der Waals surface area contributed by atoms with Crippen LogP contribution in [0.4, 0.5) is 0 Å².